The smallest absolute Gasteiger partial charge is 0.338 e. The molecule has 1 aromatic rings. The fourth-order valence-corrected chi connectivity index (χ4v) is 4.67. The molecule has 1 aliphatic rings. The van der Waals surface area contributed by atoms with Crippen molar-refractivity contribution in [3.63, 3.8) is 0 Å². The Balaban J connectivity index is 1.80. The normalized spacial score (nSPS) is 15.0. The predicted octanol–water partition coefficient (Wildman–Crippen LogP) is 1.87. The summed E-state index contributed by atoms with van der Waals surface area (Å²) in [5, 5.41) is 2.55. The van der Waals surface area contributed by atoms with Gasteiger partial charge in [-0.05, 0) is 50.5 Å². The lowest BCUT2D eigenvalue weighted by Gasteiger charge is -2.19. The van der Waals surface area contributed by atoms with Gasteiger partial charge in [0.2, 0.25) is 10.0 Å². The lowest BCUT2D eigenvalue weighted by Crippen LogP contribution is -2.32. The van der Waals surface area contributed by atoms with Gasteiger partial charge in [0.15, 0.2) is 6.61 Å². The zero-order chi connectivity index (χ0) is 22.7. The van der Waals surface area contributed by atoms with Gasteiger partial charge in [0.25, 0.3) is 5.91 Å². The number of benzene rings is 1. The van der Waals surface area contributed by atoms with Crippen molar-refractivity contribution in [2.45, 2.75) is 50.3 Å². The molecule has 1 heterocycles. The van der Waals surface area contributed by atoms with Gasteiger partial charge in [-0.15, -0.1) is 0 Å². The molecule has 1 saturated heterocycles. The van der Waals surface area contributed by atoms with E-state index in [1.807, 2.05) is 0 Å². The third-order valence-corrected chi connectivity index (χ3v) is 6.73. The number of hydrogen-bond acceptors (Lipinski definition) is 7. The summed E-state index contributed by atoms with van der Waals surface area (Å²) in [6, 6.07) is 5.52. The van der Waals surface area contributed by atoms with Crippen LogP contribution in [0.4, 0.5) is 0 Å². The number of amides is 1. The van der Waals surface area contributed by atoms with Crippen molar-refractivity contribution in [2.24, 2.45) is 0 Å². The number of sulfonamides is 1. The molecule has 0 unspecified atom stereocenters. The monoisotopic (exact) mass is 454 g/mol. The minimum Gasteiger partial charge on any atom is -0.466 e. The van der Waals surface area contributed by atoms with E-state index in [2.05, 4.69) is 5.32 Å². The molecule has 0 atom stereocenters. The maximum absolute atomic E-state index is 12.8. The molecular weight excluding hydrogens is 424 g/mol. The second-order valence-electron chi connectivity index (χ2n) is 7.18. The van der Waals surface area contributed by atoms with Gasteiger partial charge in [-0.1, -0.05) is 12.8 Å². The molecule has 0 aliphatic carbocycles. The standard InChI is InChI=1S/C21H30N2O7S/c1-2-29-20(25)8-7-13-22-19(24)16-30-21(26)17-9-11-18(12-10-17)31(27,28)23-14-5-3-4-6-15-23/h9-12H,2-8,13-16H2,1H3,(H,22,24). The number of carbonyl (C=O) groups is 3. The number of nitrogens with one attached hydrogen (secondary N) is 1. The first kappa shape index (κ1) is 24.8. The quantitative estimate of drug-likeness (QED) is 0.423. The SMILES string of the molecule is CCOC(=O)CCCNC(=O)COC(=O)c1ccc(S(=O)(=O)N2CCCCCC2)cc1. The number of hydrogen-bond donors (Lipinski definition) is 1. The largest absolute Gasteiger partial charge is 0.466 e. The van der Waals surface area contributed by atoms with E-state index in [9.17, 15) is 22.8 Å². The van der Waals surface area contributed by atoms with Gasteiger partial charge in [-0.2, -0.15) is 4.31 Å². The van der Waals surface area contributed by atoms with Gasteiger partial charge in [-0.25, -0.2) is 13.2 Å². The highest BCUT2D eigenvalue weighted by molar-refractivity contribution is 7.89. The summed E-state index contributed by atoms with van der Waals surface area (Å²) in [4.78, 5) is 35.2. The molecule has 0 aromatic heterocycles. The highest BCUT2D eigenvalue weighted by Crippen LogP contribution is 2.20. The second kappa shape index (κ2) is 12.4. The van der Waals surface area contributed by atoms with Gasteiger partial charge < -0.3 is 14.8 Å². The first-order valence-electron chi connectivity index (χ1n) is 10.5. The summed E-state index contributed by atoms with van der Waals surface area (Å²) in [7, 11) is -3.59. The minimum atomic E-state index is -3.59. The number of ether oxygens (including phenoxy) is 2. The van der Waals surface area contributed by atoms with E-state index in [1.165, 1.54) is 28.6 Å². The molecule has 2 rings (SSSR count). The van der Waals surface area contributed by atoms with Crippen molar-refractivity contribution in [1.82, 2.24) is 9.62 Å². The first-order valence-corrected chi connectivity index (χ1v) is 12.0. The Labute approximate surface area is 183 Å². The van der Waals surface area contributed by atoms with E-state index in [1.54, 1.807) is 6.92 Å². The zero-order valence-corrected chi connectivity index (χ0v) is 18.6. The van der Waals surface area contributed by atoms with Crippen LogP contribution in [0.2, 0.25) is 0 Å². The molecule has 10 heteroatoms. The average molecular weight is 455 g/mol. The zero-order valence-electron chi connectivity index (χ0n) is 17.8. The lowest BCUT2D eigenvalue weighted by atomic mass is 10.2. The fraction of sp³-hybridized carbons (Fsp3) is 0.571. The lowest BCUT2D eigenvalue weighted by molar-refractivity contribution is -0.143. The van der Waals surface area contributed by atoms with Crippen LogP contribution in [0.3, 0.4) is 0 Å². The van der Waals surface area contributed by atoms with Gasteiger partial charge in [0, 0.05) is 26.1 Å². The fourth-order valence-electron chi connectivity index (χ4n) is 3.15. The Hall–Kier alpha value is -2.46. The highest BCUT2D eigenvalue weighted by atomic mass is 32.2. The summed E-state index contributed by atoms with van der Waals surface area (Å²) >= 11 is 0. The van der Waals surface area contributed by atoms with Gasteiger partial charge in [0.05, 0.1) is 17.1 Å². The van der Waals surface area contributed by atoms with Crippen LogP contribution in [0, 0.1) is 0 Å². The van der Waals surface area contributed by atoms with Gasteiger partial charge >= 0.3 is 11.9 Å². The van der Waals surface area contributed by atoms with Gasteiger partial charge in [-0.3, -0.25) is 9.59 Å². The maximum Gasteiger partial charge on any atom is 0.338 e. The van der Waals surface area contributed by atoms with E-state index in [-0.39, 0.29) is 29.4 Å². The van der Waals surface area contributed by atoms with Crippen molar-refractivity contribution in [3.8, 4) is 0 Å². The third kappa shape index (κ3) is 7.95. The first-order chi connectivity index (χ1) is 14.8. The molecule has 1 aliphatic heterocycles. The highest BCUT2D eigenvalue weighted by Gasteiger charge is 2.25. The molecule has 1 amide bonds. The average Bonchev–Trinajstić information content (AvgIpc) is 3.05. The van der Waals surface area contributed by atoms with E-state index in [4.69, 9.17) is 9.47 Å². The summed E-state index contributed by atoms with van der Waals surface area (Å²) in [5.74, 6) is -1.54. The van der Waals surface area contributed by atoms with Crippen molar-refractivity contribution in [3.05, 3.63) is 29.8 Å². The number of esters is 2. The molecule has 1 N–H and O–H groups in total. The molecule has 0 bridgehead atoms. The summed E-state index contributed by atoms with van der Waals surface area (Å²) < 4.78 is 36.8. The molecule has 0 radical (unpaired) electrons. The van der Waals surface area contributed by atoms with Crippen LogP contribution < -0.4 is 5.32 Å². The predicted molar refractivity (Wildman–Crippen MR) is 113 cm³/mol. The van der Waals surface area contributed by atoms with Gasteiger partial charge in [0.1, 0.15) is 0 Å². The third-order valence-electron chi connectivity index (χ3n) is 4.81. The Morgan fingerprint density at radius 2 is 1.65 bits per heavy atom. The molecule has 172 valence electrons. The van der Waals surface area contributed by atoms with Crippen LogP contribution in [0.1, 0.15) is 55.8 Å². The van der Waals surface area contributed by atoms with E-state index >= 15 is 0 Å². The van der Waals surface area contributed by atoms with Crippen LogP contribution in [0.15, 0.2) is 29.2 Å². The molecule has 0 saturated carbocycles. The van der Waals surface area contributed by atoms with Crippen molar-refractivity contribution in [1.29, 1.82) is 0 Å². The topological polar surface area (TPSA) is 119 Å². The van der Waals surface area contributed by atoms with Crippen LogP contribution in [0.25, 0.3) is 0 Å². The minimum absolute atomic E-state index is 0.130. The number of nitrogens with zero attached hydrogens (tertiary/aromatic N) is 1. The van der Waals surface area contributed by atoms with E-state index in [0.29, 0.717) is 26.1 Å². The number of rotatable bonds is 10. The van der Waals surface area contributed by atoms with E-state index in [0.717, 1.165) is 25.7 Å². The maximum atomic E-state index is 12.8. The Kier molecular flexibility index (Phi) is 9.93. The molecule has 31 heavy (non-hydrogen) atoms. The molecule has 1 fully saturated rings. The van der Waals surface area contributed by atoms with Crippen molar-refractivity contribution < 1.29 is 32.3 Å². The van der Waals surface area contributed by atoms with Crippen LogP contribution in [-0.4, -0.2) is 63.4 Å². The summed E-state index contributed by atoms with van der Waals surface area (Å²) in [5.41, 5.74) is 0.157. The second-order valence-corrected chi connectivity index (χ2v) is 9.12. The van der Waals surface area contributed by atoms with Crippen molar-refractivity contribution in [2.75, 3.05) is 32.8 Å². The van der Waals surface area contributed by atoms with Crippen molar-refractivity contribution >= 4 is 27.9 Å². The molecule has 0 spiro atoms. The Morgan fingerprint density at radius 3 is 2.26 bits per heavy atom. The Bertz CT molecular complexity index is 845. The van der Waals surface area contributed by atoms with Crippen LogP contribution in [-0.2, 0) is 29.1 Å². The van der Waals surface area contributed by atoms with E-state index < -0.39 is 28.5 Å². The molecule has 1 aromatic carbocycles. The molecule has 9 nitrogen and oxygen atoms in total. The molecular formula is C21H30N2O7S. The number of carbonyl (C=O) groups excluding carboxylic acids is 3. The van der Waals surface area contributed by atoms with Crippen LogP contribution in [0.5, 0.6) is 0 Å². The van der Waals surface area contributed by atoms with Crippen LogP contribution >= 0.6 is 0 Å². The Morgan fingerprint density at radius 1 is 1.00 bits per heavy atom. The summed E-state index contributed by atoms with van der Waals surface area (Å²) in [6.07, 6.45) is 4.35. The summed E-state index contributed by atoms with van der Waals surface area (Å²) in [6.45, 7) is 2.83.